The highest BCUT2D eigenvalue weighted by molar-refractivity contribution is 9.10. The lowest BCUT2D eigenvalue weighted by Gasteiger charge is -2.16. The quantitative estimate of drug-likeness (QED) is 0.687. The van der Waals surface area contributed by atoms with Crippen molar-refractivity contribution in [3.8, 4) is 0 Å². The second-order valence-corrected chi connectivity index (χ2v) is 5.57. The van der Waals surface area contributed by atoms with Gasteiger partial charge in [0.15, 0.2) is 0 Å². The molecular weight excluding hydrogens is 312 g/mol. The molecule has 0 aliphatic rings. The molecule has 0 saturated carbocycles. The molecule has 1 unspecified atom stereocenters. The predicted molar refractivity (Wildman–Crippen MR) is 78.1 cm³/mol. The number of fused-ring (bicyclic) bond motifs is 1. The molecule has 6 nitrogen and oxygen atoms in total. The van der Waals surface area contributed by atoms with Crippen molar-refractivity contribution >= 4 is 38.6 Å². The van der Waals surface area contributed by atoms with Crippen LogP contribution in [-0.2, 0) is 4.79 Å². The minimum Gasteiger partial charge on any atom is -0.324 e. The Kier molecular flexibility index (Phi) is 3.77. The molecule has 1 heterocycles. The molecule has 1 aromatic carbocycles. The minimum atomic E-state index is -0.576. The van der Waals surface area contributed by atoms with Gasteiger partial charge >= 0.3 is 5.69 Å². The fourth-order valence-electron chi connectivity index (χ4n) is 1.67. The maximum Gasteiger partial charge on any atom is 0.323 e. The zero-order valence-corrected chi connectivity index (χ0v) is 12.2. The Labute approximate surface area is 117 Å². The van der Waals surface area contributed by atoms with E-state index in [0.29, 0.717) is 21.2 Å². The zero-order chi connectivity index (χ0) is 14.2. The Morgan fingerprint density at radius 3 is 2.47 bits per heavy atom. The molecule has 102 valence electrons. The van der Waals surface area contributed by atoms with E-state index in [4.69, 9.17) is 5.73 Å². The van der Waals surface area contributed by atoms with E-state index in [9.17, 15) is 9.59 Å². The van der Waals surface area contributed by atoms with Crippen LogP contribution in [0.2, 0.25) is 0 Å². The minimum absolute atomic E-state index is 0.0505. The number of imidazole rings is 1. The van der Waals surface area contributed by atoms with E-state index in [1.165, 1.54) is 0 Å². The fraction of sp³-hybridized carbons (Fsp3) is 0.333. The van der Waals surface area contributed by atoms with Gasteiger partial charge in [0.1, 0.15) is 0 Å². The average molecular weight is 327 g/mol. The summed E-state index contributed by atoms with van der Waals surface area (Å²) in [5.41, 5.74) is 7.36. The summed E-state index contributed by atoms with van der Waals surface area (Å²) in [7, 11) is 0. The largest absolute Gasteiger partial charge is 0.324 e. The lowest BCUT2D eigenvalue weighted by molar-refractivity contribution is -0.118. The Bertz CT molecular complexity index is 674. The number of aromatic amines is 2. The fourth-order valence-corrected chi connectivity index (χ4v) is 2.11. The van der Waals surface area contributed by atoms with Crippen molar-refractivity contribution in [3.63, 3.8) is 0 Å². The van der Waals surface area contributed by atoms with Gasteiger partial charge < -0.3 is 21.0 Å². The maximum absolute atomic E-state index is 11.9. The lowest BCUT2D eigenvalue weighted by Crippen LogP contribution is -2.39. The van der Waals surface area contributed by atoms with Gasteiger partial charge in [0.25, 0.3) is 0 Å². The topological polar surface area (TPSA) is 104 Å². The van der Waals surface area contributed by atoms with E-state index in [2.05, 4.69) is 31.2 Å². The third-order valence-electron chi connectivity index (χ3n) is 2.88. The first-order chi connectivity index (χ1) is 8.88. The van der Waals surface area contributed by atoms with Crippen molar-refractivity contribution in [2.24, 2.45) is 11.7 Å². The number of nitrogens with two attached hydrogens (primary N) is 1. The molecule has 1 atom stereocenters. The number of hydrogen-bond donors (Lipinski definition) is 4. The van der Waals surface area contributed by atoms with Crippen LogP contribution in [0.4, 0.5) is 5.69 Å². The molecule has 0 bridgehead atoms. The number of aromatic nitrogens is 2. The highest BCUT2D eigenvalue weighted by Crippen LogP contribution is 2.26. The summed E-state index contributed by atoms with van der Waals surface area (Å²) in [6.45, 7) is 3.76. The molecule has 1 aromatic heterocycles. The molecule has 5 N–H and O–H groups in total. The first-order valence-electron chi connectivity index (χ1n) is 5.86. The van der Waals surface area contributed by atoms with Gasteiger partial charge in [0, 0.05) is 4.47 Å². The van der Waals surface area contributed by atoms with E-state index >= 15 is 0 Å². The molecular formula is C12H15BrN4O2. The average Bonchev–Trinajstić information content (AvgIpc) is 2.67. The van der Waals surface area contributed by atoms with Gasteiger partial charge in [-0.1, -0.05) is 13.8 Å². The smallest absolute Gasteiger partial charge is 0.323 e. The molecule has 7 heteroatoms. The molecule has 0 radical (unpaired) electrons. The number of amides is 1. The van der Waals surface area contributed by atoms with Gasteiger partial charge in [-0.3, -0.25) is 4.79 Å². The van der Waals surface area contributed by atoms with Gasteiger partial charge in [0.2, 0.25) is 5.91 Å². The van der Waals surface area contributed by atoms with Crippen LogP contribution in [0.25, 0.3) is 11.0 Å². The Morgan fingerprint density at radius 2 is 1.89 bits per heavy atom. The van der Waals surface area contributed by atoms with Crippen molar-refractivity contribution in [1.29, 1.82) is 0 Å². The standard InChI is InChI=1S/C12H15BrN4O2/c1-5(2)10(14)11(18)15-7-4-9-8(3-6(7)13)16-12(19)17-9/h3-5,10H,14H2,1-2H3,(H,15,18)(H2,16,17,19). The molecule has 2 aromatic rings. The molecule has 2 rings (SSSR count). The first kappa shape index (κ1) is 13.8. The predicted octanol–water partition coefficient (Wildman–Crippen LogP) is 1.54. The number of hydrogen-bond acceptors (Lipinski definition) is 3. The van der Waals surface area contributed by atoms with Gasteiger partial charge in [-0.2, -0.15) is 0 Å². The summed E-state index contributed by atoms with van der Waals surface area (Å²) < 4.78 is 0.680. The van der Waals surface area contributed by atoms with Crippen molar-refractivity contribution in [3.05, 3.63) is 27.1 Å². The molecule has 0 aliphatic carbocycles. The monoisotopic (exact) mass is 326 g/mol. The SMILES string of the molecule is CC(C)C(N)C(=O)Nc1cc2[nH]c(=O)[nH]c2cc1Br. The van der Waals surface area contributed by atoms with Crippen LogP contribution in [0.1, 0.15) is 13.8 Å². The van der Waals surface area contributed by atoms with E-state index in [1.54, 1.807) is 12.1 Å². The number of anilines is 1. The molecule has 0 saturated heterocycles. The number of H-pyrrole nitrogens is 2. The van der Waals surface area contributed by atoms with Gasteiger partial charge in [-0.25, -0.2) is 4.79 Å². The van der Waals surface area contributed by atoms with Crippen LogP contribution in [0, 0.1) is 5.92 Å². The number of nitrogens with one attached hydrogen (secondary N) is 3. The summed E-state index contributed by atoms with van der Waals surface area (Å²) in [6.07, 6.45) is 0. The van der Waals surface area contributed by atoms with Crippen molar-refractivity contribution in [2.45, 2.75) is 19.9 Å². The van der Waals surface area contributed by atoms with Crippen LogP contribution in [0.15, 0.2) is 21.4 Å². The summed E-state index contributed by atoms with van der Waals surface area (Å²) in [6, 6.07) is 2.83. The lowest BCUT2D eigenvalue weighted by atomic mass is 10.0. The molecule has 0 spiro atoms. The summed E-state index contributed by atoms with van der Waals surface area (Å²) >= 11 is 3.35. The van der Waals surface area contributed by atoms with E-state index in [1.807, 2.05) is 13.8 Å². The summed E-state index contributed by atoms with van der Waals surface area (Å²) in [5, 5.41) is 2.75. The number of benzene rings is 1. The van der Waals surface area contributed by atoms with Gasteiger partial charge in [0.05, 0.1) is 22.8 Å². The molecule has 0 aliphatic heterocycles. The molecule has 0 fully saturated rings. The van der Waals surface area contributed by atoms with Crippen LogP contribution in [0.5, 0.6) is 0 Å². The van der Waals surface area contributed by atoms with E-state index < -0.39 is 6.04 Å². The molecule has 19 heavy (non-hydrogen) atoms. The summed E-state index contributed by atoms with van der Waals surface area (Å²) in [5.74, 6) is -0.206. The highest BCUT2D eigenvalue weighted by Gasteiger charge is 2.18. The van der Waals surface area contributed by atoms with Crippen LogP contribution < -0.4 is 16.7 Å². The third-order valence-corrected chi connectivity index (χ3v) is 3.54. The Hall–Kier alpha value is -1.60. The van der Waals surface area contributed by atoms with Crippen molar-refractivity contribution < 1.29 is 4.79 Å². The number of carbonyl (C=O) groups excluding carboxylic acids is 1. The van der Waals surface area contributed by atoms with Crippen molar-refractivity contribution in [1.82, 2.24) is 9.97 Å². The van der Waals surface area contributed by atoms with Crippen LogP contribution >= 0.6 is 15.9 Å². The highest BCUT2D eigenvalue weighted by atomic mass is 79.9. The second-order valence-electron chi connectivity index (χ2n) is 4.72. The Balaban J connectivity index is 2.32. The van der Waals surface area contributed by atoms with Crippen molar-refractivity contribution in [2.75, 3.05) is 5.32 Å². The van der Waals surface area contributed by atoms with Gasteiger partial charge in [-0.15, -0.1) is 0 Å². The van der Waals surface area contributed by atoms with E-state index in [-0.39, 0.29) is 17.5 Å². The third kappa shape index (κ3) is 2.87. The molecule has 1 amide bonds. The summed E-state index contributed by atoms with van der Waals surface area (Å²) in [4.78, 5) is 28.4. The number of halogens is 1. The number of rotatable bonds is 3. The zero-order valence-electron chi connectivity index (χ0n) is 10.6. The second kappa shape index (κ2) is 5.18. The van der Waals surface area contributed by atoms with Crippen LogP contribution in [0.3, 0.4) is 0 Å². The van der Waals surface area contributed by atoms with Crippen LogP contribution in [-0.4, -0.2) is 21.9 Å². The van der Waals surface area contributed by atoms with E-state index in [0.717, 1.165) is 0 Å². The number of carbonyl (C=O) groups is 1. The first-order valence-corrected chi connectivity index (χ1v) is 6.65. The van der Waals surface area contributed by atoms with Gasteiger partial charge in [-0.05, 0) is 34.0 Å². The normalized spacial score (nSPS) is 12.9. The maximum atomic E-state index is 11.9. The Morgan fingerprint density at radius 1 is 1.32 bits per heavy atom.